The number of benzene rings is 1. The molecule has 4 rings (SSSR count). The van der Waals surface area contributed by atoms with Crippen molar-refractivity contribution in [2.75, 3.05) is 13.1 Å². The second-order valence-electron chi connectivity index (χ2n) is 8.13. The number of nitrogens with one attached hydrogen (secondary N) is 2. The minimum atomic E-state index is -0.205. The zero-order valence-corrected chi connectivity index (χ0v) is 19.1. The SMILES string of the molecule is Cc1ccc(CNC(=O)c2nnc(CN3CCC(NC(=O)c4occc4C)CC3)s2)cc1. The average Bonchev–Trinajstić information content (AvgIpc) is 3.43. The first-order chi connectivity index (χ1) is 15.5. The zero-order valence-electron chi connectivity index (χ0n) is 18.3. The van der Waals surface area contributed by atoms with Crippen molar-refractivity contribution in [3.05, 3.63) is 69.1 Å². The van der Waals surface area contributed by atoms with Crippen molar-refractivity contribution in [3.63, 3.8) is 0 Å². The maximum absolute atomic E-state index is 12.4. The Kier molecular flexibility index (Phi) is 6.96. The highest BCUT2D eigenvalue weighted by atomic mass is 32.1. The van der Waals surface area contributed by atoms with Crippen LogP contribution < -0.4 is 10.6 Å². The van der Waals surface area contributed by atoms with Crippen LogP contribution in [-0.2, 0) is 13.1 Å². The second kappa shape index (κ2) is 10.1. The van der Waals surface area contributed by atoms with E-state index in [1.54, 1.807) is 6.07 Å². The molecule has 32 heavy (non-hydrogen) atoms. The number of aromatic nitrogens is 2. The summed E-state index contributed by atoms with van der Waals surface area (Å²) in [5, 5.41) is 15.4. The lowest BCUT2D eigenvalue weighted by molar-refractivity contribution is 0.0879. The van der Waals surface area contributed by atoms with E-state index in [1.165, 1.54) is 23.2 Å². The Morgan fingerprint density at radius 1 is 1.09 bits per heavy atom. The van der Waals surface area contributed by atoms with Crippen molar-refractivity contribution in [3.8, 4) is 0 Å². The van der Waals surface area contributed by atoms with Gasteiger partial charge in [0, 0.05) is 31.2 Å². The van der Waals surface area contributed by atoms with Crippen LogP contribution in [0.2, 0.25) is 0 Å². The number of nitrogens with zero attached hydrogens (tertiary/aromatic N) is 3. The van der Waals surface area contributed by atoms with Gasteiger partial charge in [0.05, 0.1) is 12.8 Å². The van der Waals surface area contributed by atoms with Gasteiger partial charge < -0.3 is 15.1 Å². The fourth-order valence-electron chi connectivity index (χ4n) is 3.66. The number of carbonyl (C=O) groups is 2. The molecule has 168 valence electrons. The monoisotopic (exact) mass is 453 g/mol. The normalized spacial score (nSPS) is 14.9. The minimum Gasteiger partial charge on any atom is -0.459 e. The molecule has 1 aromatic carbocycles. The fourth-order valence-corrected chi connectivity index (χ4v) is 4.45. The van der Waals surface area contributed by atoms with Crippen LogP contribution in [0.4, 0.5) is 0 Å². The van der Waals surface area contributed by atoms with E-state index in [0.29, 0.717) is 23.9 Å². The molecule has 3 aromatic rings. The van der Waals surface area contributed by atoms with Gasteiger partial charge in [-0.15, -0.1) is 10.2 Å². The largest absolute Gasteiger partial charge is 0.459 e. The Morgan fingerprint density at radius 2 is 1.84 bits per heavy atom. The van der Waals surface area contributed by atoms with Crippen molar-refractivity contribution in [2.45, 2.75) is 45.8 Å². The van der Waals surface area contributed by atoms with Crippen molar-refractivity contribution in [1.82, 2.24) is 25.7 Å². The number of rotatable bonds is 7. The van der Waals surface area contributed by atoms with Crippen LogP contribution >= 0.6 is 11.3 Å². The number of carbonyl (C=O) groups excluding carboxylic acids is 2. The molecule has 0 radical (unpaired) electrons. The summed E-state index contributed by atoms with van der Waals surface area (Å²) in [6, 6.07) is 9.97. The Bertz CT molecular complexity index is 1070. The van der Waals surface area contributed by atoms with E-state index in [2.05, 4.69) is 25.7 Å². The number of amides is 2. The second-order valence-corrected chi connectivity index (χ2v) is 9.19. The molecule has 1 fully saturated rings. The summed E-state index contributed by atoms with van der Waals surface area (Å²) in [6.45, 7) is 6.70. The number of hydrogen-bond acceptors (Lipinski definition) is 7. The molecule has 0 saturated carbocycles. The van der Waals surface area contributed by atoms with Gasteiger partial charge in [-0.25, -0.2) is 0 Å². The highest BCUT2D eigenvalue weighted by Crippen LogP contribution is 2.18. The first kappa shape index (κ1) is 22.2. The summed E-state index contributed by atoms with van der Waals surface area (Å²) in [5.74, 6) is 0.0230. The third-order valence-corrected chi connectivity index (χ3v) is 6.49. The van der Waals surface area contributed by atoms with Gasteiger partial charge in [0.2, 0.25) is 5.01 Å². The van der Waals surface area contributed by atoms with Crippen LogP contribution in [0, 0.1) is 13.8 Å². The first-order valence-corrected chi connectivity index (χ1v) is 11.5. The number of furan rings is 1. The van der Waals surface area contributed by atoms with Crippen molar-refractivity contribution >= 4 is 23.2 Å². The van der Waals surface area contributed by atoms with E-state index in [-0.39, 0.29) is 17.9 Å². The molecule has 1 aliphatic rings. The van der Waals surface area contributed by atoms with Crippen molar-refractivity contribution in [2.24, 2.45) is 0 Å². The van der Waals surface area contributed by atoms with Crippen LogP contribution in [0.15, 0.2) is 41.0 Å². The number of hydrogen-bond donors (Lipinski definition) is 2. The molecule has 0 aliphatic carbocycles. The van der Waals surface area contributed by atoms with E-state index in [9.17, 15) is 9.59 Å². The highest BCUT2D eigenvalue weighted by molar-refractivity contribution is 7.13. The molecule has 0 spiro atoms. The lowest BCUT2D eigenvalue weighted by atomic mass is 10.0. The number of aryl methyl sites for hydroxylation is 2. The maximum Gasteiger partial charge on any atom is 0.287 e. The lowest BCUT2D eigenvalue weighted by Crippen LogP contribution is -2.44. The molecule has 2 aromatic heterocycles. The molecular weight excluding hydrogens is 426 g/mol. The molecule has 1 saturated heterocycles. The van der Waals surface area contributed by atoms with Gasteiger partial charge >= 0.3 is 0 Å². The molecule has 8 nitrogen and oxygen atoms in total. The summed E-state index contributed by atoms with van der Waals surface area (Å²) in [4.78, 5) is 27.0. The van der Waals surface area contributed by atoms with Crippen LogP contribution in [0.1, 0.15) is 54.9 Å². The van der Waals surface area contributed by atoms with Crippen molar-refractivity contribution < 1.29 is 14.0 Å². The molecule has 0 bridgehead atoms. The van der Waals surface area contributed by atoms with Gasteiger partial charge in [0.25, 0.3) is 11.8 Å². The Morgan fingerprint density at radius 3 is 2.53 bits per heavy atom. The highest BCUT2D eigenvalue weighted by Gasteiger charge is 2.24. The van der Waals surface area contributed by atoms with E-state index in [4.69, 9.17) is 4.42 Å². The van der Waals surface area contributed by atoms with E-state index >= 15 is 0 Å². The summed E-state index contributed by atoms with van der Waals surface area (Å²) in [7, 11) is 0. The van der Waals surface area contributed by atoms with Gasteiger partial charge in [-0.2, -0.15) is 0 Å². The third-order valence-electron chi connectivity index (χ3n) is 5.58. The van der Waals surface area contributed by atoms with E-state index < -0.39 is 0 Å². The molecular formula is C23H27N5O3S. The minimum absolute atomic E-state index is 0.126. The number of piperidine rings is 1. The predicted octanol–water partition coefficient (Wildman–Crippen LogP) is 3.07. The summed E-state index contributed by atoms with van der Waals surface area (Å²) >= 11 is 1.33. The van der Waals surface area contributed by atoms with Gasteiger partial charge in [-0.1, -0.05) is 41.2 Å². The van der Waals surface area contributed by atoms with E-state index in [1.807, 2.05) is 38.1 Å². The van der Waals surface area contributed by atoms with Crippen molar-refractivity contribution in [1.29, 1.82) is 0 Å². The Balaban J connectivity index is 1.22. The quantitative estimate of drug-likeness (QED) is 0.570. The summed E-state index contributed by atoms with van der Waals surface area (Å²) in [5.41, 5.74) is 3.08. The molecule has 0 unspecified atom stereocenters. The molecule has 3 heterocycles. The third kappa shape index (κ3) is 5.60. The molecule has 0 atom stereocenters. The Labute approximate surface area is 191 Å². The Hall–Kier alpha value is -3.04. The molecule has 1 aliphatic heterocycles. The van der Waals surface area contributed by atoms with Crippen LogP contribution in [0.3, 0.4) is 0 Å². The van der Waals surface area contributed by atoms with Gasteiger partial charge in [0.15, 0.2) is 5.76 Å². The maximum atomic E-state index is 12.4. The first-order valence-electron chi connectivity index (χ1n) is 10.7. The topological polar surface area (TPSA) is 100 Å². The van der Waals surface area contributed by atoms with Crippen LogP contribution in [0.25, 0.3) is 0 Å². The van der Waals surface area contributed by atoms with Gasteiger partial charge in [-0.05, 0) is 38.3 Å². The smallest absolute Gasteiger partial charge is 0.287 e. The zero-order chi connectivity index (χ0) is 22.5. The molecule has 9 heteroatoms. The fraction of sp³-hybridized carbons (Fsp3) is 0.391. The molecule has 2 amide bonds. The molecule has 2 N–H and O–H groups in total. The lowest BCUT2D eigenvalue weighted by Gasteiger charge is -2.31. The number of likely N-dealkylation sites (tertiary alicyclic amines) is 1. The average molecular weight is 454 g/mol. The van der Waals surface area contributed by atoms with Gasteiger partial charge in [-0.3, -0.25) is 14.5 Å². The van der Waals surface area contributed by atoms with Crippen LogP contribution in [0.5, 0.6) is 0 Å². The summed E-state index contributed by atoms with van der Waals surface area (Å²) in [6.07, 6.45) is 3.24. The summed E-state index contributed by atoms with van der Waals surface area (Å²) < 4.78 is 5.27. The van der Waals surface area contributed by atoms with Crippen LogP contribution in [-0.4, -0.2) is 46.0 Å². The predicted molar refractivity (Wildman–Crippen MR) is 121 cm³/mol. The van der Waals surface area contributed by atoms with E-state index in [0.717, 1.165) is 42.1 Å². The van der Waals surface area contributed by atoms with Gasteiger partial charge in [0.1, 0.15) is 5.01 Å². The standard InChI is InChI=1S/C23H27N5O3S/c1-15-3-5-17(6-4-15)13-24-22(30)23-27-26-19(32-23)14-28-10-7-18(8-11-28)25-21(29)20-16(2)9-12-31-20/h3-6,9,12,18H,7-8,10-11,13-14H2,1-2H3,(H,24,30)(H,25,29).